The van der Waals surface area contributed by atoms with E-state index in [1.807, 2.05) is 0 Å². The third-order valence-electron chi connectivity index (χ3n) is 4.04. The summed E-state index contributed by atoms with van der Waals surface area (Å²) in [5.74, 6) is 1.05. The van der Waals surface area contributed by atoms with Crippen LogP contribution in [0.3, 0.4) is 0 Å². The van der Waals surface area contributed by atoms with E-state index in [2.05, 4.69) is 42.4 Å². The van der Waals surface area contributed by atoms with E-state index in [0.29, 0.717) is 6.10 Å². The van der Waals surface area contributed by atoms with E-state index < -0.39 is 0 Å². The summed E-state index contributed by atoms with van der Waals surface area (Å²) in [5.41, 5.74) is 2.64. The predicted molar refractivity (Wildman–Crippen MR) is 79.4 cm³/mol. The van der Waals surface area contributed by atoms with Crippen molar-refractivity contribution in [2.75, 3.05) is 39.8 Å². The molecule has 1 aromatic rings. The lowest BCUT2D eigenvalue weighted by atomic mass is 10.1. The number of morpholine rings is 1. The molecule has 4 heteroatoms. The third kappa shape index (κ3) is 3.32. The number of nitrogens with one attached hydrogen (secondary N) is 1. The minimum atomic E-state index is 0.258. The summed E-state index contributed by atoms with van der Waals surface area (Å²) in [4.78, 5) is 2.32. The minimum Gasteiger partial charge on any atom is -0.488 e. The summed E-state index contributed by atoms with van der Waals surface area (Å²) in [6.45, 7) is 6.81. The van der Waals surface area contributed by atoms with Crippen molar-refractivity contribution in [3.63, 3.8) is 0 Å². The van der Waals surface area contributed by atoms with Gasteiger partial charge in [-0.15, -0.1) is 0 Å². The Morgan fingerprint density at radius 3 is 3.00 bits per heavy atom. The molecule has 0 spiro atoms. The smallest absolute Gasteiger partial charge is 0.123 e. The molecular formula is C16H24N2O2. The first kappa shape index (κ1) is 13.9. The van der Waals surface area contributed by atoms with Gasteiger partial charge in [-0.1, -0.05) is 17.7 Å². The second-order valence-corrected chi connectivity index (χ2v) is 5.97. The lowest BCUT2D eigenvalue weighted by molar-refractivity contribution is -0.0187. The van der Waals surface area contributed by atoms with Gasteiger partial charge in [-0.05, 0) is 25.6 Å². The number of benzene rings is 1. The van der Waals surface area contributed by atoms with Crippen molar-refractivity contribution in [1.29, 1.82) is 0 Å². The van der Waals surface area contributed by atoms with E-state index in [0.717, 1.165) is 45.0 Å². The first-order valence-electron chi connectivity index (χ1n) is 7.48. The topological polar surface area (TPSA) is 33.7 Å². The zero-order valence-electron chi connectivity index (χ0n) is 12.4. The van der Waals surface area contributed by atoms with Gasteiger partial charge in [-0.2, -0.15) is 0 Å². The van der Waals surface area contributed by atoms with Gasteiger partial charge in [0, 0.05) is 32.6 Å². The van der Waals surface area contributed by atoms with Gasteiger partial charge in [0.25, 0.3) is 0 Å². The molecule has 0 radical (unpaired) electrons. The van der Waals surface area contributed by atoms with E-state index in [4.69, 9.17) is 9.47 Å². The third-order valence-corrected chi connectivity index (χ3v) is 4.04. The molecule has 2 aliphatic rings. The number of rotatable bonds is 4. The van der Waals surface area contributed by atoms with E-state index in [1.54, 1.807) is 0 Å². The molecule has 2 unspecified atom stereocenters. The van der Waals surface area contributed by atoms with Crippen LogP contribution in [0.5, 0.6) is 5.75 Å². The van der Waals surface area contributed by atoms with Crippen LogP contribution in [0.4, 0.5) is 0 Å². The number of hydrogen-bond acceptors (Lipinski definition) is 4. The molecule has 0 aliphatic carbocycles. The fourth-order valence-corrected chi connectivity index (χ4v) is 2.96. The zero-order chi connectivity index (χ0) is 13.9. The van der Waals surface area contributed by atoms with Gasteiger partial charge in [0.2, 0.25) is 0 Å². The van der Waals surface area contributed by atoms with Crippen molar-refractivity contribution >= 4 is 0 Å². The van der Waals surface area contributed by atoms with Gasteiger partial charge in [0.05, 0.1) is 12.7 Å². The van der Waals surface area contributed by atoms with Crippen LogP contribution in [0.25, 0.3) is 0 Å². The number of aryl methyl sites for hydroxylation is 1. The maximum absolute atomic E-state index is 5.96. The van der Waals surface area contributed by atoms with E-state index in [1.165, 1.54) is 11.1 Å². The zero-order valence-corrected chi connectivity index (χ0v) is 12.4. The summed E-state index contributed by atoms with van der Waals surface area (Å²) >= 11 is 0. The van der Waals surface area contributed by atoms with Crippen molar-refractivity contribution in [2.24, 2.45) is 0 Å². The van der Waals surface area contributed by atoms with Crippen LogP contribution >= 0.6 is 0 Å². The molecule has 1 N–H and O–H groups in total. The molecule has 1 saturated heterocycles. The van der Waals surface area contributed by atoms with Crippen LogP contribution in [-0.4, -0.2) is 56.9 Å². The lowest BCUT2D eigenvalue weighted by Crippen LogP contribution is -2.46. The Hall–Kier alpha value is -1.10. The molecule has 2 aliphatic heterocycles. The Kier molecular flexibility index (Phi) is 4.24. The summed E-state index contributed by atoms with van der Waals surface area (Å²) < 4.78 is 11.7. The molecule has 0 saturated carbocycles. The Bertz CT molecular complexity index is 464. The molecule has 0 amide bonds. The molecule has 4 nitrogen and oxygen atoms in total. The highest BCUT2D eigenvalue weighted by molar-refractivity contribution is 5.40. The SMILES string of the molecule is Cc1ccc2c(c1)CC(CNCC1CN(C)CCO1)O2. The van der Waals surface area contributed by atoms with Crippen molar-refractivity contribution in [1.82, 2.24) is 10.2 Å². The number of fused-ring (bicyclic) bond motifs is 1. The molecule has 2 heterocycles. The maximum Gasteiger partial charge on any atom is 0.123 e. The number of hydrogen-bond donors (Lipinski definition) is 1. The summed E-state index contributed by atoms with van der Waals surface area (Å²) in [5, 5.41) is 3.49. The van der Waals surface area contributed by atoms with Gasteiger partial charge in [0.15, 0.2) is 0 Å². The van der Waals surface area contributed by atoms with E-state index >= 15 is 0 Å². The summed E-state index contributed by atoms with van der Waals surface area (Å²) in [6, 6.07) is 6.43. The monoisotopic (exact) mass is 276 g/mol. The van der Waals surface area contributed by atoms with Crippen molar-refractivity contribution in [3.05, 3.63) is 29.3 Å². The highest BCUT2D eigenvalue weighted by atomic mass is 16.5. The van der Waals surface area contributed by atoms with Gasteiger partial charge in [0.1, 0.15) is 11.9 Å². The maximum atomic E-state index is 5.96. The van der Waals surface area contributed by atoms with Crippen molar-refractivity contribution in [2.45, 2.75) is 25.6 Å². The van der Waals surface area contributed by atoms with Crippen LogP contribution < -0.4 is 10.1 Å². The standard InChI is InChI=1S/C16H24N2O2/c1-12-3-4-16-13(7-12)8-14(20-16)9-17-10-15-11-18(2)5-6-19-15/h3-4,7,14-15,17H,5-6,8-11H2,1-2H3. The number of nitrogens with zero attached hydrogens (tertiary/aromatic N) is 1. The van der Waals surface area contributed by atoms with E-state index in [-0.39, 0.29) is 6.10 Å². The van der Waals surface area contributed by atoms with Crippen LogP contribution in [0.2, 0.25) is 0 Å². The van der Waals surface area contributed by atoms with Crippen molar-refractivity contribution < 1.29 is 9.47 Å². The Labute approximate surface area is 121 Å². The fourth-order valence-electron chi connectivity index (χ4n) is 2.96. The molecular weight excluding hydrogens is 252 g/mol. The normalized spacial score (nSPS) is 26.3. The average Bonchev–Trinajstić information content (AvgIpc) is 2.80. The first-order chi connectivity index (χ1) is 9.70. The van der Waals surface area contributed by atoms with E-state index in [9.17, 15) is 0 Å². The second kappa shape index (κ2) is 6.12. The predicted octanol–water partition coefficient (Wildman–Crippen LogP) is 1.22. The van der Waals surface area contributed by atoms with Gasteiger partial charge in [-0.25, -0.2) is 0 Å². The summed E-state index contributed by atoms with van der Waals surface area (Å²) in [6.07, 6.45) is 1.57. The molecule has 0 bridgehead atoms. The van der Waals surface area contributed by atoms with Crippen LogP contribution in [0.1, 0.15) is 11.1 Å². The van der Waals surface area contributed by atoms with Gasteiger partial charge in [-0.3, -0.25) is 0 Å². The minimum absolute atomic E-state index is 0.258. The van der Waals surface area contributed by atoms with Gasteiger partial charge >= 0.3 is 0 Å². The molecule has 110 valence electrons. The van der Waals surface area contributed by atoms with Crippen LogP contribution in [0.15, 0.2) is 18.2 Å². The molecule has 0 aromatic heterocycles. The fraction of sp³-hybridized carbons (Fsp3) is 0.625. The van der Waals surface area contributed by atoms with Crippen molar-refractivity contribution in [3.8, 4) is 5.75 Å². The quantitative estimate of drug-likeness (QED) is 0.896. The largest absolute Gasteiger partial charge is 0.488 e. The number of likely N-dealkylation sites (N-methyl/N-ethyl adjacent to an activating group) is 1. The Morgan fingerprint density at radius 2 is 2.15 bits per heavy atom. The molecule has 1 fully saturated rings. The average molecular weight is 276 g/mol. The lowest BCUT2D eigenvalue weighted by Gasteiger charge is -2.30. The second-order valence-electron chi connectivity index (χ2n) is 5.97. The molecule has 3 rings (SSSR count). The highest BCUT2D eigenvalue weighted by Crippen LogP contribution is 2.29. The van der Waals surface area contributed by atoms with Crippen LogP contribution in [-0.2, 0) is 11.2 Å². The molecule has 1 aromatic carbocycles. The Balaban J connectivity index is 1.42. The van der Waals surface area contributed by atoms with Crippen LogP contribution in [0, 0.1) is 6.92 Å². The van der Waals surface area contributed by atoms with Gasteiger partial charge < -0.3 is 19.7 Å². The molecule has 2 atom stereocenters. The molecule has 20 heavy (non-hydrogen) atoms. The summed E-state index contributed by atoms with van der Waals surface area (Å²) in [7, 11) is 2.15. The Morgan fingerprint density at radius 1 is 1.30 bits per heavy atom. The highest BCUT2D eigenvalue weighted by Gasteiger charge is 2.23. The number of ether oxygens (including phenoxy) is 2. The first-order valence-corrected chi connectivity index (χ1v) is 7.48.